The number of carboxylic acid groups (broad SMARTS) is 1. The second-order valence-electron chi connectivity index (χ2n) is 2.72. The van der Waals surface area contributed by atoms with Crippen LogP contribution in [-0.4, -0.2) is 40.9 Å². The Morgan fingerprint density at radius 1 is 1.31 bits per heavy atom. The van der Waals surface area contributed by atoms with E-state index in [9.17, 15) is 18.4 Å². The normalized spacial score (nSPS) is 20.0. The maximum Gasteiger partial charge on any atom is 0.328 e. The molecule has 13 heavy (non-hydrogen) atoms. The van der Waals surface area contributed by atoms with Gasteiger partial charge in [0.1, 0.15) is 0 Å². The van der Waals surface area contributed by atoms with Gasteiger partial charge >= 0.3 is 5.97 Å². The SMILES string of the molecule is O=C(O)/C=C/C(=O)N1CC(F)(F)C1. The Morgan fingerprint density at radius 2 is 1.85 bits per heavy atom. The lowest BCUT2D eigenvalue weighted by Gasteiger charge is -2.37. The number of halogens is 2. The van der Waals surface area contributed by atoms with Gasteiger partial charge in [-0.25, -0.2) is 13.6 Å². The van der Waals surface area contributed by atoms with Crippen molar-refractivity contribution in [1.82, 2.24) is 4.90 Å². The molecule has 1 rings (SSSR count). The highest BCUT2D eigenvalue weighted by molar-refractivity contribution is 5.94. The summed E-state index contributed by atoms with van der Waals surface area (Å²) in [5, 5.41) is 8.13. The standard InChI is InChI=1S/C7H7F2NO3/c8-7(9)3-10(4-7)5(11)1-2-6(12)13/h1-2H,3-4H2,(H,12,13)/b2-1+. The highest BCUT2D eigenvalue weighted by atomic mass is 19.3. The lowest BCUT2D eigenvalue weighted by atomic mass is 10.1. The third kappa shape index (κ3) is 2.50. The molecule has 1 amide bonds. The van der Waals surface area contributed by atoms with Crippen LogP contribution in [0.25, 0.3) is 0 Å². The third-order valence-electron chi connectivity index (χ3n) is 1.52. The summed E-state index contributed by atoms with van der Waals surface area (Å²) in [6.45, 7) is -1.26. The van der Waals surface area contributed by atoms with Crippen LogP contribution < -0.4 is 0 Å². The van der Waals surface area contributed by atoms with Crippen LogP contribution >= 0.6 is 0 Å². The number of aliphatic carboxylic acids is 1. The molecule has 1 aliphatic heterocycles. The number of hydrogen-bond acceptors (Lipinski definition) is 2. The fraction of sp³-hybridized carbons (Fsp3) is 0.429. The van der Waals surface area contributed by atoms with Crippen molar-refractivity contribution < 1.29 is 23.5 Å². The highest BCUT2D eigenvalue weighted by Crippen LogP contribution is 2.26. The summed E-state index contributed by atoms with van der Waals surface area (Å²) in [4.78, 5) is 21.7. The summed E-state index contributed by atoms with van der Waals surface area (Å²) in [6, 6.07) is 0. The van der Waals surface area contributed by atoms with E-state index in [4.69, 9.17) is 5.11 Å². The summed E-state index contributed by atoms with van der Waals surface area (Å²) in [6.07, 6.45) is 1.39. The molecule has 1 saturated heterocycles. The van der Waals surface area contributed by atoms with Crippen LogP contribution in [0.3, 0.4) is 0 Å². The minimum Gasteiger partial charge on any atom is -0.478 e. The number of rotatable bonds is 2. The maximum atomic E-state index is 12.2. The molecule has 4 nitrogen and oxygen atoms in total. The summed E-state index contributed by atoms with van der Waals surface area (Å²) < 4.78 is 24.4. The van der Waals surface area contributed by atoms with E-state index in [0.717, 1.165) is 11.0 Å². The Bertz CT molecular complexity index is 267. The Hall–Kier alpha value is -1.46. The van der Waals surface area contributed by atoms with Crippen LogP contribution in [0.1, 0.15) is 0 Å². The smallest absolute Gasteiger partial charge is 0.328 e. The molecule has 0 aromatic rings. The largest absolute Gasteiger partial charge is 0.478 e. The highest BCUT2D eigenvalue weighted by Gasteiger charge is 2.45. The minimum atomic E-state index is -2.81. The maximum absolute atomic E-state index is 12.2. The predicted octanol–water partition coefficient (Wildman–Crippen LogP) is 0.105. The lowest BCUT2D eigenvalue weighted by molar-refractivity contribution is -0.161. The molecule has 72 valence electrons. The minimum absolute atomic E-state index is 0.624. The predicted molar refractivity (Wildman–Crippen MR) is 38.3 cm³/mol. The molecule has 0 saturated carbocycles. The molecule has 0 radical (unpaired) electrons. The zero-order valence-electron chi connectivity index (χ0n) is 6.54. The molecule has 1 heterocycles. The Balaban J connectivity index is 2.40. The number of alkyl halides is 2. The molecule has 0 atom stereocenters. The van der Waals surface area contributed by atoms with Crippen molar-refractivity contribution in [2.24, 2.45) is 0 Å². The second kappa shape index (κ2) is 3.12. The first-order chi connectivity index (χ1) is 5.91. The van der Waals surface area contributed by atoms with Crippen LogP contribution in [0.5, 0.6) is 0 Å². The molecule has 1 fully saturated rings. The van der Waals surface area contributed by atoms with Gasteiger partial charge in [0.15, 0.2) is 0 Å². The topological polar surface area (TPSA) is 57.6 Å². The first-order valence-electron chi connectivity index (χ1n) is 3.48. The van der Waals surface area contributed by atoms with E-state index in [1.165, 1.54) is 0 Å². The summed E-state index contributed by atoms with van der Waals surface area (Å²) in [5.41, 5.74) is 0. The van der Waals surface area contributed by atoms with Gasteiger partial charge in [0.05, 0.1) is 13.1 Å². The molecule has 0 aliphatic carbocycles. The van der Waals surface area contributed by atoms with Gasteiger partial charge in [0.25, 0.3) is 5.92 Å². The van der Waals surface area contributed by atoms with E-state index in [2.05, 4.69) is 0 Å². The van der Waals surface area contributed by atoms with Crippen molar-refractivity contribution in [2.75, 3.05) is 13.1 Å². The summed E-state index contributed by atoms with van der Waals surface area (Å²) >= 11 is 0. The van der Waals surface area contributed by atoms with Gasteiger partial charge in [-0.15, -0.1) is 0 Å². The van der Waals surface area contributed by atoms with Crippen LogP contribution in [0.4, 0.5) is 8.78 Å². The van der Waals surface area contributed by atoms with Gasteiger partial charge in [-0.2, -0.15) is 0 Å². The van der Waals surface area contributed by atoms with Crippen molar-refractivity contribution in [2.45, 2.75) is 5.92 Å². The van der Waals surface area contributed by atoms with Crippen LogP contribution in [0, 0.1) is 0 Å². The van der Waals surface area contributed by atoms with Crippen LogP contribution in [-0.2, 0) is 9.59 Å². The number of carbonyl (C=O) groups is 2. The molecule has 0 aromatic heterocycles. The van der Waals surface area contributed by atoms with Gasteiger partial charge < -0.3 is 10.0 Å². The van der Waals surface area contributed by atoms with E-state index >= 15 is 0 Å². The fourth-order valence-corrected chi connectivity index (χ4v) is 0.916. The molecule has 6 heteroatoms. The number of carbonyl (C=O) groups excluding carboxylic acids is 1. The molecule has 0 bridgehead atoms. The van der Waals surface area contributed by atoms with E-state index in [1.807, 2.05) is 0 Å². The van der Waals surface area contributed by atoms with Crippen molar-refractivity contribution in [1.29, 1.82) is 0 Å². The van der Waals surface area contributed by atoms with Crippen LogP contribution in [0.15, 0.2) is 12.2 Å². The molecule has 1 N–H and O–H groups in total. The molecule has 0 spiro atoms. The fourth-order valence-electron chi connectivity index (χ4n) is 0.916. The average Bonchev–Trinajstić information content (AvgIpc) is 1.95. The van der Waals surface area contributed by atoms with Gasteiger partial charge in [0.2, 0.25) is 5.91 Å². The van der Waals surface area contributed by atoms with Gasteiger partial charge in [-0.05, 0) is 0 Å². The monoisotopic (exact) mass is 191 g/mol. The third-order valence-corrected chi connectivity index (χ3v) is 1.52. The number of amides is 1. The van der Waals surface area contributed by atoms with Crippen molar-refractivity contribution in [3.05, 3.63) is 12.2 Å². The lowest BCUT2D eigenvalue weighted by Crippen LogP contribution is -2.58. The Morgan fingerprint density at radius 3 is 2.23 bits per heavy atom. The number of likely N-dealkylation sites (tertiary alicyclic amines) is 1. The van der Waals surface area contributed by atoms with E-state index in [0.29, 0.717) is 6.08 Å². The zero-order chi connectivity index (χ0) is 10.1. The molecular weight excluding hydrogens is 184 g/mol. The van der Waals surface area contributed by atoms with E-state index in [-0.39, 0.29) is 0 Å². The first-order valence-corrected chi connectivity index (χ1v) is 3.48. The number of carboxylic acids is 1. The Labute approximate surface area is 72.4 Å². The van der Waals surface area contributed by atoms with Crippen molar-refractivity contribution >= 4 is 11.9 Å². The van der Waals surface area contributed by atoms with Gasteiger partial charge in [0, 0.05) is 12.2 Å². The summed E-state index contributed by atoms with van der Waals surface area (Å²) in [5.74, 6) is -4.79. The van der Waals surface area contributed by atoms with Gasteiger partial charge in [-0.3, -0.25) is 4.79 Å². The summed E-state index contributed by atoms with van der Waals surface area (Å²) in [7, 11) is 0. The quantitative estimate of drug-likeness (QED) is 0.630. The second-order valence-corrected chi connectivity index (χ2v) is 2.72. The molecule has 0 aromatic carbocycles. The average molecular weight is 191 g/mol. The van der Waals surface area contributed by atoms with E-state index in [1.54, 1.807) is 0 Å². The first kappa shape index (κ1) is 9.63. The molecule has 0 unspecified atom stereocenters. The number of hydrogen-bond donors (Lipinski definition) is 1. The Kier molecular flexibility index (Phi) is 2.31. The van der Waals surface area contributed by atoms with Crippen LogP contribution in [0.2, 0.25) is 0 Å². The zero-order valence-corrected chi connectivity index (χ0v) is 6.54. The van der Waals surface area contributed by atoms with E-state index < -0.39 is 30.9 Å². The molecule has 1 aliphatic rings. The number of nitrogens with zero attached hydrogens (tertiary/aromatic N) is 1. The van der Waals surface area contributed by atoms with Gasteiger partial charge in [-0.1, -0.05) is 0 Å². The van der Waals surface area contributed by atoms with Crippen molar-refractivity contribution in [3.63, 3.8) is 0 Å². The molecular formula is C7H7F2NO3. The van der Waals surface area contributed by atoms with Crippen molar-refractivity contribution in [3.8, 4) is 0 Å².